The van der Waals surface area contributed by atoms with E-state index in [9.17, 15) is 4.79 Å². The van der Waals surface area contributed by atoms with E-state index in [0.29, 0.717) is 13.1 Å². The number of benzene rings is 1. The fourth-order valence-corrected chi connectivity index (χ4v) is 3.87. The van der Waals surface area contributed by atoms with Crippen LogP contribution in [0.2, 0.25) is 0 Å². The molecule has 1 saturated heterocycles. The number of hydrogen-bond acceptors (Lipinski definition) is 5. The Morgan fingerprint density at radius 2 is 2.03 bits per heavy atom. The third-order valence-corrected chi connectivity index (χ3v) is 5.56. The number of carbonyl (C=O) groups is 1. The molecule has 152 valence electrons. The zero-order chi connectivity index (χ0) is 20.7. The molecular weight excluding hydrogens is 378 g/mol. The molecular formula is C22H23N7O. The summed E-state index contributed by atoms with van der Waals surface area (Å²) in [4.78, 5) is 19.0. The first-order valence-electron chi connectivity index (χ1n) is 10.0. The minimum atomic E-state index is 0.150. The second kappa shape index (κ2) is 7.38. The number of carbonyl (C=O) groups excluding carboxylic acids is 1. The molecule has 1 fully saturated rings. The van der Waals surface area contributed by atoms with Gasteiger partial charge in [0.1, 0.15) is 0 Å². The van der Waals surface area contributed by atoms with Crippen molar-refractivity contribution in [2.45, 2.75) is 13.5 Å². The molecule has 8 heteroatoms. The quantitative estimate of drug-likeness (QED) is 0.566. The zero-order valence-corrected chi connectivity index (χ0v) is 17.0. The summed E-state index contributed by atoms with van der Waals surface area (Å²) in [5.41, 5.74) is 6.92. The molecule has 1 aliphatic rings. The number of piperazine rings is 1. The van der Waals surface area contributed by atoms with Gasteiger partial charge in [-0.15, -0.1) is 0 Å². The highest BCUT2D eigenvalue weighted by Crippen LogP contribution is 2.28. The summed E-state index contributed by atoms with van der Waals surface area (Å²) in [5, 5.41) is 11.8. The molecule has 4 aromatic rings. The summed E-state index contributed by atoms with van der Waals surface area (Å²) in [5.74, 6) is 0.150. The van der Waals surface area contributed by atoms with Crippen LogP contribution in [0.15, 0.2) is 49.1 Å². The average Bonchev–Trinajstić information content (AvgIpc) is 3.39. The Hall–Kier alpha value is -3.52. The predicted molar refractivity (Wildman–Crippen MR) is 114 cm³/mol. The van der Waals surface area contributed by atoms with Gasteiger partial charge >= 0.3 is 0 Å². The summed E-state index contributed by atoms with van der Waals surface area (Å²) >= 11 is 0. The Morgan fingerprint density at radius 1 is 1.13 bits per heavy atom. The number of aryl methyl sites for hydroxylation is 2. The van der Waals surface area contributed by atoms with Gasteiger partial charge in [-0.3, -0.25) is 9.48 Å². The molecule has 4 heterocycles. The number of nitrogens with one attached hydrogen (secondary N) is 1. The van der Waals surface area contributed by atoms with Crippen molar-refractivity contribution >= 4 is 11.4 Å². The Kier molecular flexibility index (Phi) is 4.55. The van der Waals surface area contributed by atoms with E-state index in [0.717, 1.165) is 52.2 Å². The summed E-state index contributed by atoms with van der Waals surface area (Å²) < 4.78 is 3.62. The van der Waals surface area contributed by atoms with E-state index in [4.69, 9.17) is 4.98 Å². The molecule has 1 amide bonds. The molecule has 0 bridgehead atoms. The van der Waals surface area contributed by atoms with Crippen LogP contribution < -0.4 is 5.32 Å². The first-order chi connectivity index (χ1) is 14.6. The number of nitrogens with zero attached hydrogens (tertiary/aromatic N) is 6. The number of amides is 1. The smallest absolute Gasteiger partial charge is 0.236 e. The van der Waals surface area contributed by atoms with E-state index in [2.05, 4.69) is 40.6 Å². The standard InChI is InChI=1S/C22H23N7O/c1-15-9-16(3-4-17(15)13-28-8-7-23-11-21(28)30)22-20-5-6-24-29(20)14-19(26-22)18-10-25-27(2)12-18/h3-6,9-10,12,14,23H,7-8,11,13H2,1-2H3. The zero-order valence-electron chi connectivity index (χ0n) is 17.0. The average molecular weight is 401 g/mol. The van der Waals surface area contributed by atoms with Crippen molar-refractivity contribution in [2.24, 2.45) is 7.05 Å². The third-order valence-electron chi connectivity index (χ3n) is 5.56. The maximum atomic E-state index is 12.1. The number of fused-ring (bicyclic) bond motifs is 1. The molecule has 0 unspecified atom stereocenters. The lowest BCUT2D eigenvalue weighted by Crippen LogP contribution is -2.47. The van der Waals surface area contributed by atoms with Crippen molar-refractivity contribution in [3.8, 4) is 22.5 Å². The second-order valence-corrected chi connectivity index (χ2v) is 7.67. The summed E-state index contributed by atoms with van der Waals surface area (Å²) in [7, 11) is 1.89. The van der Waals surface area contributed by atoms with Crippen LogP contribution >= 0.6 is 0 Å². The highest BCUT2D eigenvalue weighted by Gasteiger charge is 2.19. The van der Waals surface area contributed by atoms with Gasteiger partial charge in [-0.1, -0.05) is 12.1 Å². The number of hydrogen-bond donors (Lipinski definition) is 1. The van der Waals surface area contributed by atoms with E-state index in [1.54, 1.807) is 17.1 Å². The van der Waals surface area contributed by atoms with E-state index < -0.39 is 0 Å². The van der Waals surface area contributed by atoms with Gasteiger partial charge < -0.3 is 10.2 Å². The third kappa shape index (κ3) is 3.35. The fraction of sp³-hybridized carbons (Fsp3) is 0.273. The van der Waals surface area contributed by atoms with Crippen LogP contribution in [0.25, 0.3) is 28.0 Å². The number of rotatable bonds is 4. The molecule has 0 atom stereocenters. The highest BCUT2D eigenvalue weighted by atomic mass is 16.2. The Balaban J connectivity index is 1.53. The van der Waals surface area contributed by atoms with Gasteiger partial charge in [0.2, 0.25) is 5.91 Å². The first-order valence-corrected chi connectivity index (χ1v) is 10.0. The maximum absolute atomic E-state index is 12.1. The summed E-state index contributed by atoms with van der Waals surface area (Å²) in [6.45, 7) is 4.72. The summed E-state index contributed by atoms with van der Waals surface area (Å²) in [6, 6.07) is 8.30. The van der Waals surface area contributed by atoms with Crippen LogP contribution in [-0.4, -0.2) is 54.8 Å². The Bertz CT molecular complexity index is 1240. The maximum Gasteiger partial charge on any atom is 0.236 e. The second-order valence-electron chi connectivity index (χ2n) is 7.67. The molecule has 0 aliphatic carbocycles. The van der Waals surface area contributed by atoms with E-state index in [1.807, 2.05) is 34.9 Å². The largest absolute Gasteiger partial charge is 0.336 e. The molecule has 1 N–H and O–H groups in total. The van der Waals surface area contributed by atoms with Crippen LogP contribution in [0.3, 0.4) is 0 Å². The molecule has 1 aliphatic heterocycles. The minimum Gasteiger partial charge on any atom is -0.336 e. The van der Waals surface area contributed by atoms with E-state index in [-0.39, 0.29) is 5.91 Å². The van der Waals surface area contributed by atoms with Crippen LogP contribution in [0.5, 0.6) is 0 Å². The normalized spacial score (nSPS) is 14.6. The number of aromatic nitrogens is 5. The molecule has 30 heavy (non-hydrogen) atoms. The van der Waals surface area contributed by atoms with Gasteiger partial charge in [0.15, 0.2) is 0 Å². The highest BCUT2D eigenvalue weighted by molar-refractivity contribution is 5.80. The molecule has 3 aromatic heterocycles. The molecule has 0 saturated carbocycles. The first kappa shape index (κ1) is 18.5. The van der Waals surface area contributed by atoms with Crippen molar-refractivity contribution in [1.82, 2.24) is 34.6 Å². The fourth-order valence-electron chi connectivity index (χ4n) is 3.87. The van der Waals surface area contributed by atoms with Crippen molar-refractivity contribution in [2.75, 3.05) is 19.6 Å². The van der Waals surface area contributed by atoms with Crippen LogP contribution in [0, 0.1) is 6.92 Å². The molecule has 5 rings (SSSR count). The molecule has 8 nitrogen and oxygen atoms in total. The van der Waals surface area contributed by atoms with Crippen LogP contribution in [0.1, 0.15) is 11.1 Å². The lowest BCUT2D eigenvalue weighted by molar-refractivity contribution is -0.132. The lowest BCUT2D eigenvalue weighted by Gasteiger charge is -2.28. The summed E-state index contributed by atoms with van der Waals surface area (Å²) in [6.07, 6.45) is 7.46. The topological polar surface area (TPSA) is 80.4 Å². The SMILES string of the molecule is Cc1cc(-c2nc(-c3cnn(C)c3)cn3nccc23)ccc1CN1CCNCC1=O. The molecule has 0 spiro atoms. The van der Waals surface area contributed by atoms with E-state index >= 15 is 0 Å². The van der Waals surface area contributed by atoms with E-state index in [1.165, 1.54) is 0 Å². The van der Waals surface area contributed by atoms with Gasteiger partial charge in [0, 0.05) is 44.0 Å². The Morgan fingerprint density at radius 3 is 2.80 bits per heavy atom. The minimum absolute atomic E-state index is 0.150. The van der Waals surface area contributed by atoms with Crippen molar-refractivity contribution in [3.63, 3.8) is 0 Å². The van der Waals surface area contributed by atoms with Crippen molar-refractivity contribution in [3.05, 3.63) is 60.2 Å². The lowest BCUT2D eigenvalue weighted by atomic mass is 10.0. The van der Waals surface area contributed by atoms with Crippen LogP contribution in [0.4, 0.5) is 0 Å². The van der Waals surface area contributed by atoms with Gasteiger partial charge in [0.25, 0.3) is 0 Å². The van der Waals surface area contributed by atoms with Gasteiger partial charge in [-0.25, -0.2) is 9.50 Å². The molecule has 0 radical (unpaired) electrons. The van der Waals surface area contributed by atoms with Crippen LogP contribution in [-0.2, 0) is 18.4 Å². The monoisotopic (exact) mass is 401 g/mol. The predicted octanol–water partition coefficient (Wildman–Crippen LogP) is 2.04. The van der Waals surface area contributed by atoms with Crippen molar-refractivity contribution < 1.29 is 4.79 Å². The van der Waals surface area contributed by atoms with Gasteiger partial charge in [-0.05, 0) is 30.2 Å². The van der Waals surface area contributed by atoms with Gasteiger partial charge in [0.05, 0.1) is 42.0 Å². The Labute approximate surface area is 174 Å². The molecule has 1 aromatic carbocycles. The van der Waals surface area contributed by atoms with Gasteiger partial charge in [-0.2, -0.15) is 10.2 Å². The van der Waals surface area contributed by atoms with Crippen molar-refractivity contribution in [1.29, 1.82) is 0 Å².